The van der Waals surface area contributed by atoms with Gasteiger partial charge in [-0.25, -0.2) is 0 Å². The van der Waals surface area contributed by atoms with Crippen LogP contribution in [-0.2, 0) is 12.6 Å². The number of unbranched alkanes of at least 4 members (excludes halogenated alkanes) is 1. The van der Waals surface area contributed by atoms with Crippen LogP contribution >= 0.6 is 0 Å². The highest BCUT2D eigenvalue weighted by Gasteiger charge is 2.31. The summed E-state index contributed by atoms with van der Waals surface area (Å²) in [7, 11) is 0. The summed E-state index contributed by atoms with van der Waals surface area (Å²) in [5, 5.41) is 0. The van der Waals surface area contributed by atoms with Gasteiger partial charge in [-0.05, 0) is 30.9 Å². The number of hydrogen-bond donors (Lipinski definition) is 1. The van der Waals surface area contributed by atoms with Gasteiger partial charge in [0.25, 0.3) is 0 Å². The lowest BCUT2D eigenvalue weighted by Crippen LogP contribution is -2.41. The summed E-state index contributed by atoms with van der Waals surface area (Å²) >= 11 is 0. The predicted octanol–water partition coefficient (Wildman–Crippen LogP) is 4.55. The van der Waals surface area contributed by atoms with Crippen LogP contribution in [0.3, 0.4) is 0 Å². The minimum atomic E-state index is -4.29. The Labute approximate surface area is 113 Å². The van der Waals surface area contributed by atoms with E-state index in [0.717, 1.165) is 31.7 Å². The maximum Gasteiger partial charge on any atom is 0.416 e. The molecule has 0 aromatic heterocycles. The normalized spacial score (nSPS) is 15.3. The Balaban J connectivity index is 2.86. The van der Waals surface area contributed by atoms with Crippen molar-refractivity contribution < 1.29 is 13.2 Å². The third-order valence-electron chi connectivity index (χ3n) is 3.54. The molecule has 1 atom stereocenters. The van der Waals surface area contributed by atoms with Gasteiger partial charge in [-0.15, -0.1) is 0 Å². The van der Waals surface area contributed by atoms with Gasteiger partial charge in [0.1, 0.15) is 0 Å². The number of hydrogen-bond acceptors (Lipinski definition) is 1. The first-order valence-electron chi connectivity index (χ1n) is 6.76. The van der Waals surface area contributed by atoms with E-state index in [4.69, 9.17) is 5.73 Å². The Kier molecular flexibility index (Phi) is 5.41. The van der Waals surface area contributed by atoms with Crippen molar-refractivity contribution in [3.63, 3.8) is 0 Å². The summed E-state index contributed by atoms with van der Waals surface area (Å²) in [6.45, 7) is 4.07. The largest absolute Gasteiger partial charge is 0.416 e. The van der Waals surface area contributed by atoms with Crippen molar-refractivity contribution in [3.8, 4) is 0 Å². The molecule has 0 fully saturated rings. The summed E-state index contributed by atoms with van der Waals surface area (Å²) in [6.07, 6.45) is -0.138. The Morgan fingerprint density at radius 3 is 2.37 bits per heavy atom. The van der Waals surface area contributed by atoms with Gasteiger partial charge < -0.3 is 5.73 Å². The van der Waals surface area contributed by atoms with E-state index in [1.807, 2.05) is 6.92 Å². The summed E-state index contributed by atoms with van der Waals surface area (Å²) in [6, 6.07) is 5.48. The van der Waals surface area contributed by atoms with Crippen molar-refractivity contribution in [2.24, 2.45) is 5.73 Å². The smallest absolute Gasteiger partial charge is 0.325 e. The predicted molar refractivity (Wildman–Crippen MR) is 71.9 cm³/mol. The molecule has 0 spiro atoms. The van der Waals surface area contributed by atoms with Crippen LogP contribution in [0.2, 0.25) is 0 Å². The van der Waals surface area contributed by atoms with Crippen LogP contribution in [0.1, 0.15) is 50.7 Å². The summed E-state index contributed by atoms with van der Waals surface area (Å²) in [4.78, 5) is 0. The van der Waals surface area contributed by atoms with Crippen LogP contribution < -0.4 is 5.73 Å². The van der Waals surface area contributed by atoms with Gasteiger partial charge in [-0.2, -0.15) is 13.2 Å². The van der Waals surface area contributed by atoms with Crippen molar-refractivity contribution in [1.82, 2.24) is 0 Å². The molecule has 108 valence electrons. The molecule has 0 saturated carbocycles. The zero-order valence-corrected chi connectivity index (χ0v) is 11.6. The highest BCUT2D eigenvalue weighted by atomic mass is 19.4. The number of nitrogens with two attached hydrogens (primary N) is 1. The molecule has 0 heterocycles. The van der Waals surface area contributed by atoms with E-state index >= 15 is 0 Å². The van der Waals surface area contributed by atoms with Gasteiger partial charge in [0.05, 0.1) is 5.56 Å². The van der Waals surface area contributed by atoms with E-state index in [-0.39, 0.29) is 0 Å². The average Bonchev–Trinajstić information content (AvgIpc) is 2.36. The van der Waals surface area contributed by atoms with Crippen molar-refractivity contribution in [2.45, 2.75) is 57.7 Å². The van der Waals surface area contributed by atoms with Crippen LogP contribution in [0.15, 0.2) is 24.3 Å². The first kappa shape index (κ1) is 16.0. The third kappa shape index (κ3) is 4.86. The van der Waals surface area contributed by atoms with E-state index in [0.29, 0.717) is 12.0 Å². The SMILES string of the molecule is CCCCC(N)(CC)Cc1cccc(C(F)(F)F)c1. The molecule has 1 rings (SSSR count). The maximum absolute atomic E-state index is 12.7. The van der Waals surface area contributed by atoms with Gasteiger partial charge in [-0.1, -0.05) is 44.9 Å². The fraction of sp³-hybridized carbons (Fsp3) is 0.600. The maximum atomic E-state index is 12.7. The van der Waals surface area contributed by atoms with Crippen molar-refractivity contribution >= 4 is 0 Å². The molecule has 1 aromatic rings. The van der Waals surface area contributed by atoms with E-state index in [1.54, 1.807) is 6.07 Å². The molecule has 2 N–H and O–H groups in total. The molecule has 0 aliphatic rings. The van der Waals surface area contributed by atoms with Crippen LogP contribution in [0, 0.1) is 0 Å². The zero-order chi connectivity index (χ0) is 14.5. The molecule has 1 nitrogen and oxygen atoms in total. The molecular weight excluding hydrogens is 251 g/mol. The second-order valence-electron chi connectivity index (χ2n) is 5.19. The number of benzene rings is 1. The molecule has 1 unspecified atom stereocenters. The fourth-order valence-electron chi connectivity index (χ4n) is 2.18. The quantitative estimate of drug-likeness (QED) is 0.808. The summed E-state index contributed by atoms with van der Waals surface area (Å²) in [5.41, 5.74) is 5.95. The molecule has 1 aromatic carbocycles. The second kappa shape index (κ2) is 6.42. The first-order chi connectivity index (χ1) is 8.80. The Morgan fingerprint density at radius 2 is 1.84 bits per heavy atom. The lowest BCUT2D eigenvalue weighted by atomic mass is 9.84. The van der Waals surface area contributed by atoms with Gasteiger partial charge >= 0.3 is 6.18 Å². The molecule has 0 aliphatic heterocycles. The van der Waals surface area contributed by atoms with Gasteiger partial charge in [0.2, 0.25) is 0 Å². The fourth-order valence-corrected chi connectivity index (χ4v) is 2.18. The van der Waals surface area contributed by atoms with E-state index in [9.17, 15) is 13.2 Å². The first-order valence-corrected chi connectivity index (χ1v) is 6.76. The van der Waals surface area contributed by atoms with E-state index in [1.165, 1.54) is 12.1 Å². The minimum Gasteiger partial charge on any atom is -0.325 e. The topological polar surface area (TPSA) is 26.0 Å². The van der Waals surface area contributed by atoms with Gasteiger partial charge in [0.15, 0.2) is 0 Å². The molecule has 0 bridgehead atoms. The standard InChI is InChI=1S/C15H22F3N/c1-3-5-9-14(19,4-2)11-12-7-6-8-13(10-12)15(16,17)18/h6-8,10H,3-5,9,11,19H2,1-2H3. The molecule has 0 radical (unpaired) electrons. The average molecular weight is 273 g/mol. The third-order valence-corrected chi connectivity index (χ3v) is 3.54. The van der Waals surface area contributed by atoms with Crippen LogP contribution in [0.4, 0.5) is 13.2 Å². The number of alkyl halides is 3. The van der Waals surface area contributed by atoms with Crippen molar-refractivity contribution in [3.05, 3.63) is 35.4 Å². The number of halogens is 3. The monoisotopic (exact) mass is 273 g/mol. The van der Waals surface area contributed by atoms with Gasteiger partial charge in [0, 0.05) is 5.54 Å². The Hall–Kier alpha value is -1.03. The van der Waals surface area contributed by atoms with Crippen LogP contribution in [0.5, 0.6) is 0 Å². The van der Waals surface area contributed by atoms with E-state index in [2.05, 4.69) is 6.92 Å². The molecule has 0 aliphatic carbocycles. The highest BCUT2D eigenvalue weighted by molar-refractivity contribution is 5.27. The van der Waals surface area contributed by atoms with Crippen molar-refractivity contribution in [1.29, 1.82) is 0 Å². The minimum absolute atomic E-state index is 0.403. The Morgan fingerprint density at radius 1 is 1.16 bits per heavy atom. The van der Waals surface area contributed by atoms with Gasteiger partial charge in [-0.3, -0.25) is 0 Å². The van der Waals surface area contributed by atoms with E-state index < -0.39 is 17.3 Å². The Bertz CT molecular complexity index is 401. The van der Waals surface area contributed by atoms with Crippen LogP contribution in [-0.4, -0.2) is 5.54 Å². The molecule has 19 heavy (non-hydrogen) atoms. The lowest BCUT2D eigenvalue weighted by Gasteiger charge is -2.28. The number of rotatable bonds is 6. The van der Waals surface area contributed by atoms with Crippen molar-refractivity contribution in [2.75, 3.05) is 0 Å². The molecule has 0 amide bonds. The summed E-state index contributed by atoms with van der Waals surface area (Å²) in [5.74, 6) is 0. The highest BCUT2D eigenvalue weighted by Crippen LogP contribution is 2.30. The molecule has 4 heteroatoms. The summed E-state index contributed by atoms with van der Waals surface area (Å²) < 4.78 is 38.0. The lowest BCUT2D eigenvalue weighted by molar-refractivity contribution is -0.137. The zero-order valence-electron chi connectivity index (χ0n) is 11.6. The second-order valence-corrected chi connectivity index (χ2v) is 5.19. The van der Waals surface area contributed by atoms with Crippen LogP contribution in [0.25, 0.3) is 0 Å². The molecular formula is C15H22F3N. The molecule has 0 saturated heterocycles.